The van der Waals surface area contributed by atoms with Crippen LogP contribution in [0.1, 0.15) is 36.9 Å². The Kier molecular flexibility index (Phi) is 4.03. The standard InChI is InChI=1S/C16H23N3O/c1-12(20)18-14-6-8-19(9-7-14)16-11-17-10-13-4-2-3-5-15(13)16/h2-5,14,16-17H,6-11H2,1H3,(H,18,20). The van der Waals surface area contributed by atoms with Crippen molar-refractivity contribution >= 4 is 5.91 Å². The summed E-state index contributed by atoms with van der Waals surface area (Å²) in [6.07, 6.45) is 2.11. The molecular weight excluding hydrogens is 250 g/mol. The number of piperidine rings is 1. The number of likely N-dealkylation sites (tertiary alicyclic amines) is 1. The van der Waals surface area contributed by atoms with Crippen molar-refractivity contribution in [2.24, 2.45) is 0 Å². The van der Waals surface area contributed by atoms with E-state index in [-0.39, 0.29) is 5.91 Å². The van der Waals surface area contributed by atoms with Crippen LogP contribution in [0.2, 0.25) is 0 Å². The summed E-state index contributed by atoms with van der Waals surface area (Å²) in [6.45, 7) is 5.74. The van der Waals surface area contributed by atoms with E-state index in [0.717, 1.165) is 39.0 Å². The van der Waals surface area contributed by atoms with Gasteiger partial charge in [0.25, 0.3) is 0 Å². The molecule has 3 rings (SSSR count). The van der Waals surface area contributed by atoms with Gasteiger partial charge in [-0.3, -0.25) is 9.69 Å². The number of hydrogen-bond acceptors (Lipinski definition) is 3. The molecule has 108 valence electrons. The van der Waals surface area contributed by atoms with Crippen LogP contribution in [0, 0.1) is 0 Å². The van der Waals surface area contributed by atoms with Crippen molar-refractivity contribution in [1.29, 1.82) is 0 Å². The van der Waals surface area contributed by atoms with Gasteiger partial charge in [-0.1, -0.05) is 24.3 Å². The molecule has 2 aliphatic rings. The van der Waals surface area contributed by atoms with Crippen molar-refractivity contribution < 1.29 is 4.79 Å². The van der Waals surface area contributed by atoms with Crippen LogP contribution in [-0.4, -0.2) is 36.5 Å². The monoisotopic (exact) mass is 273 g/mol. The van der Waals surface area contributed by atoms with E-state index in [2.05, 4.69) is 39.8 Å². The zero-order valence-electron chi connectivity index (χ0n) is 12.1. The van der Waals surface area contributed by atoms with E-state index in [9.17, 15) is 4.79 Å². The Labute approximate surface area is 120 Å². The normalized spacial score (nSPS) is 24.1. The highest BCUT2D eigenvalue weighted by molar-refractivity contribution is 5.73. The SMILES string of the molecule is CC(=O)NC1CCN(C2CNCc3ccccc32)CC1. The molecule has 2 N–H and O–H groups in total. The Morgan fingerprint density at radius 2 is 2.05 bits per heavy atom. The van der Waals surface area contributed by atoms with Crippen LogP contribution < -0.4 is 10.6 Å². The minimum absolute atomic E-state index is 0.0909. The first-order chi connectivity index (χ1) is 9.74. The third-order valence-corrected chi connectivity index (χ3v) is 4.44. The van der Waals surface area contributed by atoms with Gasteiger partial charge >= 0.3 is 0 Å². The molecule has 4 heteroatoms. The molecule has 0 saturated carbocycles. The predicted molar refractivity (Wildman–Crippen MR) is 79.3 cm³/mol. The molecule has 1 aromatic carbocycles. The van der Waals surface area contributed by atoms with E-state index in [1.54, 1.807) is 6.92 Å². The highest BCUT2D eigenvalue weighted by atomic mass is 16.1. The minimum atomic E-state index is 0.0909. The zero-order valence-corrected chi connectivity index (χ0v) is 12.1. The molecule has 1 amide bonds. The molecule has 4 nitrogen and oxygen atoms in total. The average molecular weight is 273 g/mol. The fraction of sp³-hybridized carbons (Fsp3) is 0.562. The van der Waals surface area contributed by atoms with Crippen molar-refractivity contribution in [3.63, 3.8) is 0 Å². The van der Waals surface area contributed by atoms with Crippen LogP contribution in [0.25, 0.3) is 0 Å². The number of benzene rings is 1. The summed E-state index contributed by atoms with van der Waals surface area (Å²) < 4.78 is 0. The van der Waals surface area contributed by atoms with Gasteiger partial charge in [-0.05, 0) is 24.0 Å². The first-order valence-corrected chi connectivity index (χ1v) is 7.53. The van der Waals surface area contributed by atoms with Gasteiger partial charge in [0.1, 0.15) is 0 Å². The number of hydrogen-bond donors (Lipinski definition) is 2. The zero-order chi connectivity index (χ0) is 13.9. The van der Waals surface area contributed by atoms with Crippen LogP contribution in [0.5, 0.6) is 0 Å². The summed E-state index contributed by atoms with van der Waals surface area (Å²) in [5.41, 5.74) is 2.90. The van der Waals surface area contributed by atoms with Crippen LogP contribution in [0.15, 0.2) is 24.3 Å². The molecule has 1 saturated heterocycles. The molecule has 0 aromatic heterocycles. The van der Waals surface area contributed by atoms with E-state index in [4.69, 9.17) is 0 Å². The van der Waals surface area contributed by atoms with Crippen molar-refractivity contribution in [3.05, 3.63) is 35.4 Å². The maximum absolute atomic E-state index is 11.1. The van der Waals surface area contributed by atoms with Crippen LogP contribution in [-0.2, 0) is 11.3 Å². The van der Waals surface area contributed by atoms with Gasteiger partial charge in [-0.2, -0.15) is 0 Å². The van der Waals surface area contributed by atoms with Crippen molar-refractivity contribution in [3.8, 4) is 0 Å². The second-order valence-corrected chi connectivity index (χ2v) is 5.86. The van der Waals surface area contributed by atoms with E-state index in [1.807, 2.05) is 0 Å². The number of carbonyl (C=O) groups excluding carboxylic acids is 1. The third kappa shape index (κ3) is 2.86. The van der Waals surface area contributed by atoms with Gasteiger partial charge in [-0.25, -0.2) is 0 Å². The first-order valence-electron chi connectivity index (χ1n) is 7.53. The highest BCUT2D eigenvalue weighted by Crippen LogP contribution is 2.29. The molecule has 20 heavy (non-hydrogen) atoms. The average Bonchev–Trinajstić information content (AvgIpc) is 2.47. The summed E-state index contributed by atoms with van der Waals surface area (Å²) in [6, 6.07) is 9.58. The van der Waals surface area contributed by atoms with E-state index < -0.39 is 0 Å². The van der Waals surface area contributed by atoms with E-state index in [1.165, 1.54) is 11.1 Å². The predicted octanol–water partition coefficient (Wildman–Crippen LogP) is 1.43. The fourth-order valence-electron chi connectivity index (χ4n) is 3.44. The topological polar surface area (TPSA) is 44.4 Å². The lowest BCUT2D eigenvalue weighted by atomic mass is 9.93. The van der Waals surface area contributed by atoms with Gasteiger partial charge in [0.2, 0.25) is 5.91 Å². The Balaban J connectivity index is 1.66. The Morgan fingerprint density at radius 1 is 1.30 bits per heavy atom. The third-order valence-electron chi connectivity index (χ3n) is 4.44. The molecular formula is C16H23N3O. The van der Waals surface area contributed by atoms with Gasteiger partial charge in [0.05, 0.1) is 0 Å². The Morgan fingerprint density at radius 3 is 2.80 bits per heavy atom. The van der Waals surface area contributed by atoms with Gasteiger partial charge in [0.15, 0.2) is 0 Å². The summed E-state index contributed by atoms with van der Waals surface area (Å²) >= 11 is 0. The minimum Gasteiger partial charge on any atom is -0.354 e. The van der Waals surface area contributed by atoms with Crippen LogP contribution in [0.4, 0.5) is 0 Å². The highest BCUT2D eigenvalue weighted by Gasteiger charge is 2.29. The second-order valence-electron chi connectivity index (χ2n) is 5.86. The van der Waals surface area contributed by atoms with Crippen molar-refractivity contribution in [2.75, 3.05) is 19.6 Å². The summed E-state index contributed by atoms with van der Waals surface area (Å²) in [5.74, 6) is 0.0909. The maximum atomic E-state index is 11.1. The molecule has 1 fully saturated rings. The first kappa shape index (κ1) is 13.6. The summed E-state index contributed by atoms with van der Waals surface area (Å²) in [4.78, 5) is 13.7. The maximum Gasteiger partial charge on any atom is 0.217 e. The lowest BCUT2D eigenvalue weighted by molar-refractivity contribution is -0.120. The number of fused-ring (bicyclic) bond motifs is 1. The fourth-order valence-corrected chi connectivity index (χ4v) is 3.44. The summed E-state index contributed by atoms with van der Waals surface area (Å²) in [5, 5.41) is 6.56. The molecule has 0 aliphatic carbocycles. The lowest BCUT2D eigenvalue weighted by Gasteiger charge is -2.40. The van der Waals surface area contributed by atoms with Crippen LogP contribution >= 0.6 is 0 Å². The molecule has 2 aliphatic heterocycles. The van der Waals surface area contributed by atoms with Crippen molar-refractivity contribution in [1.82, 2.24) is 15.5 Å². The molecule has 1 unspecified atom stereocenters. The molecule has 1 aromatic rings. The molecule has 1 atom stereocenters. The number of rotatable bonds is 2. The molecule has 0 radical (unpaired) electrons. The molecule has 0 bridgehead atoms. The quantitative estimate of drug-likeness (QED) is 0.857. The molecule has 0 spiro atoms. The van der Waals surface area contributed by atoms with Gasteiger partial charge in [-0.15, -0.1) is 0 Å². The molecule has 2 heterocycles. The number of carbonyl (C=O) groups is 1. The van der Waals surface area contributed by atoms with E-state index in [0.29, 0.717) is 12.1 Å². The Hall–Kier alpha value is -1.39. The number of nitrogens with one attached hydrogen (secondary N) is 2. The Bertz CT molecular complexity index is 480. The van der Waals surface area contributed by atoms with Gasteiger partial charge in [0, 0.05) is 45.2 Å². The van der Waals surface area contributed by atoms with Gasteiger partial charge < -0.3 is 10.6 Å². The number of amides is 1. The second kappa shape index (κ2) is 5.94. The largest absolute Gasteiger partial charge is 0.354 e. The number of nitrogens with zero attached hydrogens (tertiary/aromatic N) is 1. The van der Waals surface area contributed by atoms with E-state index >= 15 is 0 Å². The summed E-state index contributed by atoms with van der Waals surface area (Å²) in [7, 11) is 0. The van der Waals surface area contributed by atoms with Crippen molar-refractivity contribution in [2.45, 2.75) is 38.4 Å². The lowest BCUT2D eigenvalue weighted by Crippen LogP contribution is -2.48. The smallest absolute Gasteiger partial charge is 0.217 e. The van der Waals surface area contributed by atoms with Crippen LogP contribution in [0.3, 0.4) is 0 Å².